The van der Waals surface area contributed by atoms with Crippen LogP contribution in [0.25, 0.3) is 11.0 Å². The van der Waals surface area contributed by atoms with Crippen LogP contribution in [0.4, 0.5) is 5.69 Å². The third kappa shape index (κ3) is 4.38. The van der Waals surface area contributed by atoms with Crippen molar-refractivity contribution in [3.8, 4) is 0 Å². The van der Waals surface area contributed by atoms with Crippen molar-refractivity contribution in [2.75, 3.05) is 11.9 Å². The van der Waals surface area contributed by atoms with E-state index in [9.17, 15) is 14.4 Å². The van der Waals surface area contributed by atoms with Gasteiger partial charge in [0.1, 0.15) is 11.2 Å². The summed E-state index contributed by atoms with van der Waals surface area (Å²) in [6, 6.07) is 10.6. The highest BCUT2D eigenvalue weighted by Crippen LogP contribution is 2.13. The predicted octanol–water partition coefficient (Wildman–Crippen LogP) is 3.12. The van der Waals surface area contributed by atoms with Crippen LogP contribution >= 0.6 is 22.6 Å². The van der Waals surface area contributed by atoms with Gasteiger partial charge in [0, 0.05) is 27.7 Å². The molecule has 1 N–H and O–H groups in total. The van der Waals surface area contributed by atoms with Crippen LogP contribution in [0.5, 0.6) is 0 Å². The van der Waals surface area contributed by atoms with E-state index in [2.05, 4.69) is 32.9 Å². The number of fused-ring (bicyclic) bond motifs is 1. The van der Waals surface area contributed by atoms with Crippen LogP contribution in [0.2, 0.25) is 0 Å². The third-order valence-electron chi connectivity index (χ3n) is 4.08. The Morgan fingerprint density at radius 3 is 2.57 bits per heavy atom. The zero-order valence-electron chi connectivity index (χ0n) is 15.4. The standard InChI is InChI=1S/C20H18IN3O4/c1-3-24-10-16(18(26)15-9-4-12(2)22-19(15)24)20(27)28-11-17(25)23-14-7-5-13(21)6-8-14/h4-10H,3,11H2,1-2H3,(H,23,25). The van der Waals surface area contributed by atoms with E-state index in [1.807, 2.05) is 26.0 Å². The Bertz CT molecular complexity index is 1110. The molecule has 1 aromatic carbocycles. The van der Waals surface area contributed by atoms with Gasteiger partial charge in [0.2, 0.25) is 5.43 Å². The number of rotatable bonds is 5. The molecule has 8 heteroatoms. The molecule has 2 aromatic heterocycles. The maximum atomic E-state index is 12.7. The van der Waals surface area contributed by atoms with Gasteiger partial charge >= 0.3 is 5.97 Å². The van der Waals surface area contributed by atoms with E-state index in [0.29, 0.717) is 23.3 Å². The lowest BCUT2D eigenvalue weighted by molar-refractivity contribution is -0.119. The number of hydrogen-bond acceptors (Lipinski definition) is 5. The summed E-state index contributed by atoms with van der Waals surface area (Å²) < 4.78 is 7.80. The molecule has 0 unspecified atom stereocenters. The quantitative estimate of drug-likeness (QED) is 0.438. The summed E-state index contributed by atoms with van der Waals surface area (Å²) in [7, 11) is 0. The molecule has 0 fully saturated rings. The minimum Gasteiger partial charge on any atom is -0.452 e. The molecule has 0 saturated carbocycles. The summed E-state index contributed by atoms with van der Waals surface area (Å²) in [5.74, 6) is -1.32. The molecule has 0 bridgehead atoms. The highest BCUT2D eigenvalue weighted by Gasteiger charge is 2.18. The molecule has 0 atom stereocenters. The fraction of sp³-hybridized carbons (Fsp3) is 0.200. The van der Waals surface area contributed by atoms with Gasteiger partial charge in [-0.3, -0.25) is 9.59 Å². The van der Waals surface area contributed by atoms with Crippen molar-refractivity contribution in [3.05, 3.63) is 67.6 Å². The Kier molecular flexibility index (Phi) is 6.08. The zero-order valence-corrected chi connectivity index (χ0v) is 17.5. The van der Waals surface area contributed by atoms with Crippen LogP contribution in [0.1, 0.15) is 23.0 Å². The van der Waals surface area contributed by atoms with E-state index < -0.39 is 23.9 Å². The molecular weight excluding hydrogens is 473 g/mol. The topological polar surface area (TPSA) is 90.3 Å². The number of aromatic nitrogens is 2. The summed E-state index contributed by atoms with van der Waals surface area (Å²) in [6.07, 6.45) is 1.43. The van der Waals surface area contributed by atoms with Gasteiger partial charge in [-0.05, 0) is 72.8 Å². The number of aryl methyl sites for hydroxylation is 2. The van der Waals surface area contributed by atoms with E-state index in [1.54, 1.807) is 28.8 Å². The zero-order chi connectivity index (χ0) is 20.3. The average molecular weight is 491 g/mol. The van der Waals surface area contributed by atoms with Gasteiger partial charge in [-0.25, -0.2) is 9.78 Å². The minimum absolute atomic E-state index is 0.123. The Hall–Kier alpha value is -2.75. The fourth-order valence-corrected chi connectivity index (χ4v) is 3.05. The first-order chi connectivity index (χ1) is 13.4. The summed E-state index contributed by atoms with van der Waals surface area (Å²) >= 11 is 2.16. The Morgan fingerprint density at radius 1 is 1.18 bits per heavy atom. The number of anilines is 1. The maximum Gasteiger partial charge on any atom is 0.344 e. The van der Waals surface area contributed by atoms with Gasteiger partial charge in [-0.1, -0.05) is 0 Å². The number of nitrogens with one attached hydrogen (secondary N) is 1. The summed E-state index contributed by atoms with van der Waals surface area (Å²) in [4.78, 5) is 41.5. The first-order valence-electron chi connectivity index (χ1n) is 8.62. The van der Waals surface area contributed by atoms with Crippen LogP contribution in [0, 0.1) is 10.5 Å². The Labute approximate surface area is 174 Å². The number of esters is 1. The Balaban J connectivity index is 1.77. The molecule has 1 amide bonds. The van der Waals surface area contributed by atoms with Gasteiger partial charge < -0.3 is 14.6 Å². The van der Waals surface area contributed by atoms with Crippen LogP contribution in [-0.4, -0.2) is 28.0 Å². The molecule has 0 aliphatic heterocycles. The van der Waals surface area contributed by atoms with Crippen molar-refractivity contribution in [1.82, 2.24) is 9.55 Å². The molecule has 2 heterocycles. The molecular formula is C20H18IN3O4. The molecule has 3 rings (SSSR count). The molecule has 0 radical (unpaired) electrons. The third-order valence-corrected chi connectivity index (χ3v) is 4.80. The monoisotopic (exact) mass is 491 g/mol. The van der Waals surface area contributed by atoms with Crippen molar-refractivity contribution in [1.29, 1.82) is 0 Å². The first-order valence-corrected chi connectivity index (χ1v) is 9.70. The number of pyridine rings is 2. The highest BCUT2D eigenvalue weighted by molar-refractivity contribution is 14.1. The molecule has 144 valence electrons. The lowest BCUT2D eigenvalue weighted by atomic mass is 10.2. The minimum atomic E-state index is -0.840. The van der Waals surface area contributed by atoms with Crippen molar-refractivity contribution < 1.29 is 14.3 Å². The Morgan fingerprint density at radius 2 is 1.89 bits per heavy atom. The second-order valence-electron chi connectivity index (χ2n) is 6.11. The van der Waals surface area contributed by atoms with Crippen LogP contribution in [0.3, 0.4) is 0 Å². The van der Waals surface area contributed by atoms with Crippen LogP contribution in [0.15, 0.2) is 47.4 Å². The van der Waals surface area contributed by atoms with Crippen molar-refractivity contribution >= 4 is 51.2 Å². The van der Waals surface area contributed by atoms with Gasteiger partial charge in [0.25, 0.3) is 5.91 Å². The smallest absolute Gasteiger partial charge is 0.344 e. The fourth-order valence-electron chi connectivity index (χ4n) is 2.69. The normalized spacial score (nSPS) is 10.7. The maximum absolute atomic E-state index is 12.7. The van der Waals surface area contributed by atoms with Crippen molar-refractivity contribution in [2.24, 2.45) is 0 Å². The second kappa shape index (κ2) is 8.51. The lowest BCUT2D eigenvalue weighted by Gasteiger charge is -2.11. The number of hydrogen-bond donors (Lipinski definition) is 1. The number of benzene rings is 1. The van der Waals surface area contributed by atoms with Gasteiger partial charge in [0.05, 0.1) is 5.39 Å². The van der Waals surface area contributed by atoms with E-state index in [0.717, 1.165) is 9.26 Å². The highest BCUT2D eigenvalue weighted by atomic mass is 127. The molecule has 0 saturated heterocycles. The molecule has 28 heavy (non-hydrogen) atoms. The predicted molar refractivity (Wildman–Crippen MR) is 114 cm³/mol. The summed E-state index contributed by atoms with van der Waals surface area (Å²) in [5.41, 5.74) is 1.30. The molecule has 0 aliphatic rings. The molecule has 0 spiro atoms. The van der Waals surface area contributed by atoms with Gasteiger partial charge in [0.15, 0.2) is 6.61 Å². The molecule has 3 aromatic rings. The number of carbonyl (C=O) groups excluding carboxylic acids is 2. The summed E-state index contributed by atoms with van der Waals surface area (Å²) in [5, 5.41) is 2.97. The van der Waals surface area contributed by atoms with E-state index in [-0.39, 0.29) is 5.56 Å². The van der Waals surface area contributed by atoms with E-state index in [4.69, 9.17) is 4.74 Å². The molecule has 7 nitrogen and oxygen atoms in total. The van der Waals surface area contributed by atoms with Crippen molar-refractivity contribution in [3.63, 3.8) is 0 Å². The van der Waals surface area contributed by atoms with Gasteiger partial charge in [-0.15, -0.1) is 0 Å². The van der Waals surface area contributed by atoms with Crippen molar-refractivity contribution in [2.45, 2.75) is 20.4 Å². The largest absolute Gasteiger partial charge is 0.452 e. The summed E-state index contributed by atoms with van der Waals surface area (Å²) in [6.45, 7) is 3.76. The number of ether oxygens (including phenoxy) is 1. The van der Waals surface area contributed by atoms with Crippen LogP contribution < -0.4 is 10.7 Å². The lowest BCUT2D eigenvalue weighted by Crippen LogP contribution is -2.25. The molecule has 0 aliphatic carbocycles. The number of amides is 1. The first kappa shape index (κ1) is 20.0. The SMILES string of the molecule is CCn1cc(C(=O)OCC(=O)Nc2ccc(I)cc2)c(=O)c2ccc(C)nc21. The van der Waals surface area contributed by atoms with Gasteiger partial charge in [-0.2, -0.15) is 0 Å². The van der Waals surface area contributed by atoms with E-state index >= 15 is 0 Å². The number of carbonyl (C=O) groups is 2. The average Bonchev–Trinajstić information content (AvgIpc) is 2.68. The van der Waals surface area contributed by atoms with Crippen LogP contribution in [-0.2, 0) is 16.1 Å². The number of nitrogens with zero attached hydrogens (tertiary/aromatic N) is 2. The second-order valence-corrected chi connectivity index (χ2v) is 7.36. The number of halogens is 1. The van der Waals surface area contributed by atoms with E-state index in [1.165, 1.54) is 6.20 Å².